The molecule has 1 amide bonds. The molecular weight excluding hydrogens is 545 g/mol. The molecular formula is C13H23N4O15P3. The first-order valence-electron chi connectivity index (χ1n) is 9.32. The molecule has 22 heteroatoms. The van der Waals surface area contributed by atoms with Gasteiger partial charge in [-0.15, -0.1) is 0 Å². The lowest BCUT2D eigenvalue weighted by Crippen LogP contribution is -2.53. The van der Waals surface area contributed by atoms with Crippen LogP contribution in [0.2, 0.25) is 0 Å². The second-order valence-electron chi connectivity index (χ2n) is 7.21. The Labute approximate surface area is 195 Å². The summed E-state index contributed by atoms with van der Waals surface area (Å²) in [5.41, 5.74) is 1.62. The number of aromatic nitrogens is 2. The summed E-state index contributed by atoms with van der Waals surface area (Å²) in [7, 11) is -17.1. The van der Waals surface area contributed by atoms with Gasteiger partial charge in [0, 0.05) is 18.2 Å². The molecule has 5 atom stereocenters. The van der Waals surface area contributed by atoms with Crippen LogP contribution < -0.4 is 22.3 Å². The second kappa shape index (κ2) is 10.8. The Morgan fingerprint density at radius 1 is 1.26 bits per heavy atom. The van der Waals surface area contributed by atoms with Gasteiger partial charge in [-0.1, -0.05) is 0 Å². The van der Waals surface area contributed by atoms with Gasteiger partial charge in [0.05, 0.1) is 25.8 Å². The average molecular weight is 568 g/mol. The molecule has 2 heterocycles. The number of carbonyl (C=O) groups excluding carboxylic acids is 1. The number of rotatable bonds is 11. The van der Waals surface area contributed by atoms with E-state index in [1.54, 1.807) is 0 Å². The normalized spacial score (nSPS) is 26.1. The summed E-state index contributed by atoms with van der Waals surface area (Å²) in [5.74, 6) is -0.751. The predicted octanol–water partition coefficient (Wildman–Crippen LogP) is -2.72. The second-order valence-corrected chi connectivity index (χ2v) is 11.6. The van der Waals surface area contributed by atoms with Crippen molar-refractivity contribution in [3.63, 3.8) is 0 Å². The summed E-state index contributed by atoms with van der Waals surface area (Å²) >= 11 is 0. The van der Waals surface area contributed by atoms with Crippen LogP contribution in [0.1, 0.15) is 18.2 Å². The lowest BCUT2D eigenvalue weighted by molar-refractivity contribution is -0.133. The Morgan fingerprint density at radius 2 is 1.89 bits per heavy atom. The SMILES string of the molecule is Cc1cn([C@H]2C[C@H](O)[C@@](CNC(=O)CN)(COP(=O)(O)OP(=O)(O)OP(=O)(O)O)O2)c(=O)[nH]c1=O. The van der Waals surface area contributed by atoms with Crippen molar-refractivity contribution in [2.24, 2.45) is 5.73 Å². The number of aliphatic hydroxyl groups excluding tert-OH is 1. The molecule has 1 aliphatic rings. The van der Waals surface area contributed by atoms with E-state index in [0.29, 0.717) is 0 Å². The van der Waals surface area contributed by atoms with E-state index >= 15 is 0 Å². The fraction of sp³-hybridized carbons (Fsp3) is 0.615. The van der Waals surface area contributed by atoms with Gasteiger partial charge in [0.1, 0.15) is 11.8 Å². The standard InChI is InChI=1S/C13H23N4O15P3/c1-7-4-17(12(21)16-11(7)20)10-2-8(18)13(30-10,5-15-9(19)3-14)6-29-34(25,26)32-35(27,28)31-33(22,23)24/h4,8,10,18H,2-3,5-6,14H2,1H3,(H,15,19)(H,25,26)(H,27,28)(H,16,20,21)(H2,22,23,24)/t8-,10+,13+/m0/s1. The van der Waals surface area contributed by atoms with Gasteiger partial charge in [-0.2, -0.15) is 8.62 Å². The summed E-state index contributed by atoms with van der Waals surface area (Å²) in [5, 5.41) is 12.9. The van der Waals surface area contributed by atoms with Crippen molar-refractivity contribution in [3.05, 3.63) is 32.6 Å². The molecule has 1 saturated heterocycles. The van der Waals surface area contributed by atoms with Gasteiger partial charge in [-0.05, 0) is 6.92 Å². The van der Waals surface area contributed by atoms with Crippen molar-refractivity contribution in [2.75, 3.05) is 19.7 Å². The number of phosphoric ester groups is 1. The number of nitrogens with one attached hydrogen (secondary N) is 2. The van der Waals surface area contributed by atoms with E-state index < -0.39 is 78.3 Å². The molecule has 200 valence electrons. The number of nitrogens with two attached hydrogens (primary N) is 1. The number of ether oxygens (including phenoxy) is 1. The van der Waals surface area contributed by atoms with E-state index in [2.05, 4.69) is 18.5 Å². The average Bonchev–Trinajstić information content (AvgIpc) is 3.01. The Kier molecular flexibility index (Phi) is 9.17. The van der Waals surface area contributed by atoms with E-state index in [0.717, 1.165) is 10.8 Å². The van der Waals surface area contributed by atoms with E-state index in [1.807, 2.05) is 4.98 Å². The number of hydrogen-bond donors (Lipinski definition) is 8. The number of aryl methyl sites for hydroxylation is 1. The molecule has 0 saturated carbocycles. The maximum Gasteiger partial charge on any atom is 0.490 e. The summed E-state index contributed by atoms with van der Waals surface area (Å²) in [6.07, 6.45) is -2.14. The summed E-state index contributed by atoms with van der Waals surface area (Å²) < 4.78 is 52.7. The van der Waals surface area contributed by atoms with Gasteiger partial charge < -0.3 is 40.5 Å². The lowest BCUT2D eigenvalue weighted by atomic mass is 9.97. The summed E-state index contributed by atoms with van der Waals surface area (Å²) in [6, 6.07) is 0. The number of nitrogens with zero attached hydrogens (tertiary/aromatic N) is 1. The number of phosphoric acid groups is 3. The van der Waals surface area contributed by atoms with E-state index in [1.165, 1.54) is 6.92 Å². The molecule has 19 nitrogen and oxygen atoms in total. The molecule has 0 aromatic carbocycles. The van der Waals surface area contributed by atoms with Crippen LogP contribution in [0.5, 0.6) is 0 Å². The third kappa shape index (κ3) is 8.23. The molecule has 2 rings (SSSR count). The van der Waals surface area contributed by atoms with Crippen LogP contribution in [0.25, 0.3) is 0 Å². The number of aliphatic hydroxyl groups is 1. The predicted molar refractivity (Wildman–Crippen MR) is 111 cm³/mol. The Balaban J connectivity index is 2.30. The third-order valence-corrected chi connectivity index (χ3v) is 8.30. The third-order valence-electron chi connectivity index (χ3n) is 4.52. The van der Waals surface area contributed by atoms with Crippen LogP contribution in [-0.4, -0.2) is 71.5 Å². The molecule has 0 radical (unpaired) electrons. The van der Waals surface area contributed by atoms with Crippen LogP contribution in [-0.2, 0) is 36.4 Å². The first-order chi connectivity index (χ1) is 15.9. The van der Waals surface area contributed by atoms with Gasteiger partial charge in [0.25, 0.3) is 5.56 Å². The molecule has 0 bridgehead atoms. The van der Waals surface area contributed by atoms with Crippen molar-refractivity contribution >= 4 is 29.4 Å². The van der Waals surface area contributed by atoms with Gasteiger partial charge in [0.15, 0.2) is 0 Å². The molecule has 1 aliphatic heterocycles. The topological polar surface area (TPSA) is 299 Å². The number of H-pyrrole nitrogens is 1. The van der Waals surface area contributed by atoms with Gasteiger partial charge >= 0.3 is 29.2 Å². The van der Waals surface area contributed by atoms with Crippen molar-refractivity contribution < 1.29 is 61.1 Å². The Morgan fingerprint density at radius 3 is 2.46 bits per heavy atom. The zero-order valence-corrected chi connectivity index (χ0v) is 20.4. The van der Waals surface area contributed by atoms with Crippen molar-refractivity contribution in [3.8, 4) is 0 Å². The van der Waals surface area contributed by atoms with Crippen molar-refractivity contribution in [1.82, 2.24) is 14.9 Å². The lowest BCUT2D eigenvalue weighted by Gasteiger charge is -2.32. The van der Waals surface area contributed by atoms with E-state index in [9.17, 15) is 43.0 Å². The smallest absolute Gasteiger partial charge is 0.390 e. The molecule has 1 fully saturated rings. The maximum absolute atomic E-state index is 12.2. The zero-order chi connectivity index (χ0) is 26.8. The first kappa shape index (κ1) is 29.7. The van der Waals surface area contributed by atoms with Crippen LogP contribution in [0.4, 0.5) is 0 Å². The molecule has 1 aromatic heterocycles. The van der Waals surface area contributed by atoms with Gasteiger partial charge in [0.2, 0.25) is 5.91 Å². The minimum Gasteiger partial charge on any atom is -0.390 e. The maximum atomic E-state index is 12.2. The molecule has 0 spiro atoms. The number of carbonyl (C=O) groups is 1. The Hall–Kier alpha value is -1.56. The van der Waals surface area contributed by atoms with Crippen LogP contribution >= 0.6 is 23.5 Å². The molecule has 0 aliphatic carbocycles. The highest BCUT2D eigenvalue weighted by molar-refractivity contribution is 7.66. The monoisotopic (exact) mass is 568 g/mol. The minimum atomic E-state index is -5.82. The summed E-state index contributed by atoms with van der Waals surface area (Å²) in [6.45, 7) is -0.863. The quantitative estimate of drug-likeness (QED) is 0.126. The number of hydrogen-bond acceptors (Lipinski definition) is 12. The highest BCUT2D eigenvalue weighted by Gasteiger charge is 2.51. The van der Waals surface area contributed by atoms with Gasteiger partial charge in [-0.25, -0.2) is 18.5 Å². The zero-order valence-electron chi connectivity index (χ0n) is 17.7. The number of amides is 1. The van der Waals surface area contributed by atoms with E-state index in [4.69, 9.17) is 20.3 Å². The van der Waals surface area contributed by atoms with E-state index in [-0.39, 0.29) is 12.0 Å². The van der Waals surface area contributed by atoms with Crippen molar-refractivity contribution in [2.45, 2.75) is 31.3 Å². The highest BCUT2D eigenvalue weighted by Crippen LogP contribution is 2.66. The van der Waals surface area contributed by atoms with Crippen LogP contribution in [0, 0.1) is 6.92 Å². The molecule has 1 aromatic rings. The van der Waals surface area contributed by atoms with Crippen LogP contribution in [0.3, 0.4) is 0 Å². The summed E-state index contributed by atoms with van der Waals surface area (Å²) in [4.78, 5) is 73.6. The largest absolute Gasteiger partial charge is 0.490 e. The fourth-order valence-corrected chi connectivity index (χ4v) is 6.01. The minimum absolute atomic E-state index is 0.102. The molecule has 35 heavy (non-hydrogen) atoms. The molecule has 9 N–H and O–H groups in total. The Bertz CT molecular complexity index is 1210. The van der Waals surface area contributed by atoms with Crippen molar-refractivity contribution in [1.29, 1.82) is 0 Å². The van der Waals surface area contributed by atoms with Crippen LogP contribution in [0.15, 0.2) is 15.8 Å². The number of aromatic amines is 1. The molecule has 2 unspecified atom stereocenters. The highest BCUT2D eigenvalue weighted by atomic mass is 31.3. The van der Waals surface area contributed by atoms with Gasteiger partial charge in [-0.3, -0.25) is 23.7 Å². The first-order valence-corrected chi connectivity index (χ1v) is 13.8. The fourth-order valence-electron chi connectivity index (χ4n) is 2.93.